The van der Waals surface area contributed by atoms with Gasteiger partial charge in [0.2, 0.25) is 0 Å². The van der Waals surface area contributed by atoms with Gasteiger partial charge < -0.3 is 24.7 Å². The van der Waals surface area contributed by atoms with E-state index in [2.05, 4.69) is 15.9 Å². The minimum absolute atomic E-state index is 0.513. The maximum absolute atomic E-state index is 5.79. The van der Waals surface area contributed by atoms with E-state index in [-0.39, 0.29) is 0 Å². The summed E-state index contributed by atoms with van der Waals surface area (Å²) in [7, 11) is 1.65. The third-order valence-electron chi connectivity index (χ3n) is 2.54. The number of nitrogens with two attached hydrogens (primary N) is 1. The van der Waals surface area contributed by atoms with E-state index >= 15 is 0 Å². The largest absolute Gasteiger partial charge is 0.398 e. The van der Waals surface area contributed by atoms with Gasteiger partial charge >= 0.3 is 0 Å². The molecule has 5 nitrogen and oxygen atoms in total. The van der Waals surface area contributed by atoms with Crippen molar-refractivity contribution in [2.24, 2.45) is 0 Å². The smallest absolute Gasteiger partial charge is 0.0729 e. The molecule has 2 N–H and O–H groups in total. The zero-order chi connectivity index (χ0) is 14.6. The molecule has 0 amide bonds. The van der Waals surface area contributed by atoms with Crippen LogP contribution in [-0.4, -0.2) is 46.8 Å². The number of nitrogen functional groups attached to an aromatic ring is 1. The minimum atomic E-state index is 0.513. The van der Waals surface area contributed by atoms with Crippen molar-refractivity contribution in [3.63, 3.8) is 0 Å². The predicted molar refractivity (Wildman–Crippen MR) is 81.7 cm³/mol. The van der Waals surface area contributed by atoms with Crippen LogP contribution in [0.4, 0.5) is 5.69 Å². The highest BCUT2D eigenvalue weighted by atomic mass is 79.9. The first-order valence-electron chi connectivity index (χ1n) is 6.50. The maximum atomic E-state index is 5.79. The van der Waals surface area contributed by atoms with Gasteiger partial charge in [0.1, 0.15) is 0 Å². The third-order valence-corrected chi connectivity index (χ3v) is 3.51. The van der Waals surface area contributed by atoms with Crippen molar-refractivity contribution in [3.05, 3.63) is 28.2 Å². The van der Waals surface area contributed by atoms with Crippen molar-refractivity contribution in [2.75, 3.05) is 52.5 Å². The number of hydrogen-bond acceptors (Lipinski definition) is 5. The topological polar surface area (TPSA) is 62.9 Å². The predicted octanol–water partition coefficient (Wildman–Crippen LogP) is 2.23. The summed E-state index contributed by atoms with van der Waals surface area (Å²) in [6, 6.07) is 5.73. The molecule has 1 rings (SSSR count). The van der Waals surface area contributed by atoms with Crippen LogP contribution in [0.5, 0.6) is 0 Å². The Morgan fingerprint density at radius 1 is 0.950 bits per heavy atom. The van der Waals surface area contributed by atoms with E-state index in [1.165, 1.54) is 0 Å². The van der Waals surface area contributed by atoms with Crippen LogP contribution in [0.15, 0.2) is 22.7 Å². The SMILES string of the molecule is COCCOCCOCCOCc1cccc(N)c1Br. The highest BCUT2D eigenvalue weighted by molar-refractivity contribution is 9.10. The molecule has 0 heterocycles. The molecule has 114 valence electrons. The number of hydrogen-bond donors (Lipinski definition) is 1. The van der Waals surface area contributed by atoms with Crippen LogP contribution in [0.3, 0.4) is 0 Å². The molecule has 0 saturated heterocycles. The molecule has 0 radical (unpaired) electrons. The molecule has 0 fully saturated rings. The Bertz CT molecular complexity index is 376. The lowest BCUT2D eigenvalue weighted by Gasteiger charge is -2.09. The normalized spacial score (nSPS) is 10.9. The van der Waals surface area contributed by atoms with Crippen LogP contribution in [-0.2, 0) is 25.6 Å². The van der Waals surface area contributed by atoms with Crippen molar-refractivity contribution in [1.29, 1.82) is 0 Å². The molecule has 0 aromatic heterocycles. The molecule has 0 aliphatic heterocycles. The lowest BCUT2D eigenvalue weighted by atomic mass is 10.2. The van der Waals surface area contributed by atoms with E-state index in [9.17, 15) is 0 Å². The second kappa shape index (κ2) is 11.0. The molecular formula is C14H22BrNO4. The second-order valence-corrected chi connectivity index (χ2v) is 4.88. The number of benzene rings is 1. The Kier molecular flexibility index (Phi) is 9.61. The molecule has 0 bridgehead atoms. The fraction of sp³-hybridized carbons (Fsp3) is 0.571. The van der Waals surface area contributed by atoms with Gasteiger partial charge in [-0.1, -0.05) is 12.1 Å². The zero-order valence-electron chi connectivity index (χ0n) is 11.8. The van der Waals surface area contributed by atoms with Gasteiger partial charge in [-0.05, 0) is 27.6 Å². The highest BCUT2D eigenvalue weighted by Crippen LogP contribution is 2.24. The molecule has 0 atom stereocenters. The Hall–Kier alpha value is -0.660. The van der Waals surface area contributed by atoms with Crippen LogP contribution < -0.4 is 5.73 Å². The molecule has 0 saturated carbocycles. The van der Waals surface area contributed by atoms with Gasteiger partial charge in [-0.25, -0.2) is 0 Å². The monoisotopic (exact) mass is 347 g/mol. The van der Waals surface area contributed by atoms with E-state index in [4.69, 9.17) is 24.7 Å². The van der Waals surface area contributed by atoms with Crippen molar-refractivity contribution in [3.8, 4) is 0 Å². The van der Waals surface area contributed by atoms with Gasteiger partial charge in [-0.3, -0.25) is 0 Å². The summed E-state index contributed by atoms with van der Waals surface area (Å²) in [5, 5.41) is 0. The first kappa shape index (κ1) is 17.4. The molecule has 1 aromatic rings. The number of rotatable bonds is 11. The fourth-order valence-corrected chi connectivity index (χ4v) is 1.85. The Labute approximate surface area is 128 Å². The van der Waals surface area contributed by atoms with E-state index in [0.717, 1.165) is 15.7 Å². The summed E-state index contributed by atoms with van der Waals surface area (Å²) in [4.78, 5) is 0. The van der Waals surface area contributed by atoms with Gasteiger partial charge in [0, 0.05) is 17.3 Å². The van der Waals surface area contributed by atoms with E-state index in [1.807, 2.05) is 18.2 Å². The van der Waals surface area contributed by atoms with Gasteiger partial charge in [0.15, 0.2) is 0 Å². The first-order valence-corrected chi connectivity index (χ1v) is 7.30. The number of anilines is 1. The number of methoxy groups -OCH3 is 1. The van der Waals surface area contributed by atoms with Gasteiger partial charge in [-0.2, -0.15) is 0 Å². The quantitative estimate of drug-likeness (QED) is 0.491. The molecule has 0 aliphatic carbocycles. The van der Waals surface area contributed by atoms with Crippen LogP contribution in [0.1, 0.15) is 5.56 Å². The summed E-state index contributed by atoms with van der Waals surface area (Å²) in [6.07, 6.45) is 0. The lowest BCUT2D eigenvalue weighted by Crippen LogP contribution is -2.11. The molecule has 0 unspecified atom stereocenters. The summed E-state index contributed by atoms with van der Waals surface area (Å²) >= 11 is 3.44. The Morgan fingerprint density at radius 2 is 1.55 bits per heavy atom. The summed E-state index contributed by atoms with van der Waals surface area (Å²) in [5.74, 6) is 0. The number of ether oxygens (including phenoxy) is 4. The summed E-state index contributed by atoms with van der Waals surface area (Å²) in [5.41, 5.74) is 7.54. The molecule has 6 heteroatoms. The Morgan fingerprint density at radius 3 is 2.20 bits per heavy atom. The van der Waals surface area contributed by atoms with E-state index in [0.29, 0.717) is 46.2 Å². The van der Waals surface area contributed by atoms with Crippen molar-refractivity contribution in [1.82, 2.24) is 0 Å². The van der Waals surface area contributed by atoms with E-state index in [1.54, 1.807) is 7.11 Å². The average Bonchev–Trinajstić information content (AvgIpc) is 2.45. The third kappa shape index (κ3) is 7.21. The average molecular weight is 348 g/mol. The molecular weight excluding hydrogens is 326 g/mol. The van der Waals surface area contributed by atoms with Gasteiger partial charge in [0.25, 0.3) is 0 Å². The lowest BCUT2D eigenvalue weighted by molar-refractivity contribution is 0.000810. The Balaban J connectivity index is 1.98. The molecule has 1 aromatic carbocycles. The second-order valence-electron chi connectivity index (χ2n) is 4.09. The summed E-state index contributed by atoms with van der Waals surface area (Å²) in [6.45, 7) is 3.95. The maximum Gasteiger partial charge on any atom is 0.0729 e. The zero-order valence-corrected chi connectivity index (χ0v) is 13.4. The minimum Gasteiger partial charge on any atom is -0.398 e. The molecule has 0 spiro atoms. The fourth-order valence-electron chi connectivity index (χ4n) is 1.48. The van der Waals surface area contributed by atoms with Crippen molar-refractivity contribution < 1.29 is 18.9 Å². The first-order chi connectivity index (χ1) is 9.75. The van der Waals surface area contributed by atoms with Crippen LogP contribution in [0.25, 0.3) is 0 Å². The van der Waals surface area contributed by atoms with Crippen molar-refractivity contribution in [2.45, 2.75) is 6.61 Å². The summed E-state index contributed by atoms with van der Waals surface area (Å²) < 4.78 is 21.9. The molecule has 20 heavy (non-hydrogen) atoms. The van der Waals surface area contributed by atoms with Gasteiger partial charge in [-0.15, -0.1) is 0 Å². The standard InChI is InChI=1S/C14H22BrNO4/c1-17-5-6-18-7-8-19-9-10-20-11-12-3-2-4-13(16)14(12)15/h2-4H,5-11,16H2,1H3. The van der Waals surface area contributed by atoms with Crippen LogP contribution >= 0.6 is 15.9 Å². The number of halogens is 1. The van der Waals surface area contributed by atoms with Crippen LogP contribution in [0.2, 0.25) is 0 Å². The molecule has 0 aliphatic rings. The highest BCUT2D eigenvalue weighted by Gasteiger charge is 2.02. The van der Waals surface area contributed by atoms with Crippen molar-refractivity contribution >= 4 is 21.6 Å². The van der Waals surface area contributed by atoms with Gasteiger partial charge in [0.05, 0.1) is 46.2 Å². The van der Waals surface area contributed by atoms with E-state index < -0.39 is 0 Å². The van der Waals surface area contributed by atoms with Crippen LogP contribution in [0, 0.1) is 0 Å².